The smallest absolute Gasteiger partial charge is 0.305 e. The molecule has 0 saturated heterocycles. The fraction of sp³-hybridized carbons (Fsp3) is 0.857. The van der Waals surface area contributed by atoms with Crippen LogP contribution in [0.5, 0.6) is 0 Å². The summed E-state index contributed by atoms with van der Waals surface area (Å²) >= 11 is -0.734. The van der Waals surface area contributed by atoms with Gasteiger partial charge in [0.25, 0.3) is 0 Å². The minimum atomic E-state index is -0.734. The molecular formula is C7H14O3S. The van der Waals surface area contributed by atoms with Crippen molar-refractivity contribution in [2.24, 2.45) is 0 Å². The maximum atomic E-state index is 10.6. The Morgan fingerprint density at radius 1 is 1.55 bits per heavy atom. The Kier molecular flexibility index (Phi) is 6.36. The molecule has 0 bridgehead atoms. The maximum absolute atomic E-state index is 10.6. The van der Waals surface area contributed by atoms with Gasteiger partial charge in [-0.1, -0.05) is 11.2 Å². The molecule has 66 valence electrons. The normalized spacial score (nSPS) is 12.6. The van der Waals surface area contributed by atoms with Crippen molar-refractivity contribution in [2.75, 3.05) is 19.1 Å². The summed E-state index contributed by atoms with van der Waals surface area (Å²) in [5.41, 5.74) is 0. The molecule has 0 aliphatic rings. The van der Waals surface area contributed by atoms with Crippen LogP contribution in [0.2, 0.25) is 0 Å². The van der Waals surface area contributed by atoms with Gasteiger partial charge in [-0.25, -0.2) is 0 Å². The van der Waals surface area contributed by atoms with Gasteiger partial charge in [0, 0.05) is 6.42 Å². The van der Waals surface area contributed by atoms with E-state index in [0.717, 1.165) is 12.8 Å². The molecule has 4 heteroatoms. The van der Waals surface area contributed by atoms with Crippen molar-refractivity contribution in [3.8, 4) is 0 Å². The van der Waals surface area contributed by atoms with E-state index >= 15 is 0 Å². The fourth-order valence-corrected chi connectivity index (χ4v) is 1.29. The molecule has 0 radical (unpaired) electrons. The lowest BCUT2D eigenvalue weighted by Crippen LogP contribution is -2.05. The van der Waals surface area contributed by atoms with Gasteiger partial charge in [0.15, 0.2) is 0 Å². The lowest BCUT2D eigenvalue weighted by molar-refractivity contribution is -0.140. The second-order valence-electron chi connectivity index (χ2n) is 2.31. The van der Waals surface area contributed by atoms with Gasteiger partial charge < -0.3 is 9.29 Å². The molecule has 0 aromatic carbocycles. The van der Waals surface area contributed by atoms with Crippen LogP contribution in [0, 0.1) is 0 Å². The van der Waals surface area contributed by atoms with E-state index < -0.39 is 11.2 Å². The van der Waals surface area contributed by atoms with Gasteiger partial charge in [0.05, 0.1) is 13.4 Å². The molecule has 0 rings (SSSR count). The van der Waals surface area contributed by atoms with Crippen LogP contribution in [0.25, 0.3) is 0 Å². The lowest BCUT2D eigenvalue weighted by Gasteiger charge is -2.03. The largest absolute Gasteiger partial charge is 0.617 e. The predicted octanol–water partition coefficient (Wildman–Crippen LogP) is 0.708. The van der Waals surface area contributed by atoms with Gasteiger partial charge in [-0.2, -0.15) is 0 Å². The Balaban J connectivity index is 3.08. The van der Waals surface area contributed by atoms with Gasteiger partial charge >= 0.3 is 5.97 Å². The summed E-state index contributed by atoms with van der Waals surface area (Å²) in [4.78, 5) is 10.6. The zero-order chi connectivity index (χ0) is 8.69. The van der Waals surface area contributed by atoms with Crippen molar-refractivity contribution in [3.05, 3.63) is 0 Å². The van der Waals surface area contributed by atoms with Crippen LogP contribution in [0.15, 0.2) is 0 Å². The highest BCUT2D eigenvalue weighted by Gasteiger charge is 2.01. The Hall–Kier alpha value is -0.220. The number of hydrogen-bond donors (Lipinski definition) is 0. The van der Waals surface area contributed by atoms with E-state index in [2.05, 4.69) is 4.74 Å². The number of carbonyl (C=O) groups is 1. The van der Waals surface area contributed by atoms with E-state index in [0.29, 0.717) is 12.2 Å². The molecular weight excluding hydrogens is 164 g/mol. The Bertz CT molecular complexity index is 114. The van der Waals surface area contributed by atoms with E-state index in [-0.39, 0.29) is 5.97 Å². The Morgan fingerprint density at radius 2 is 2.18 bits per heavy atom. The number of esters is 1. The molecule has 0 spiro atoms. The van der Waals surface area contributed by atoms with Crippen molar-refractivity contribution >= 4 is 17.1 Å². The topological polar surface area (TPSA) is 49.4 Å². The molecule has 0 N–H and O–H groups in total. The van der Waals surface area contributed by atoms with Crippen LogP contribution in [0.3, 0.4) is 0 Å². The summed E-state index contributed by atoms with van der Waals surface area (Å²) < 4.78 is 15.0. The molecule has 0 aromatic heterocycles. The summed E-state index contributed by atoms with van der Waals surface area (Å²) in [5, 5.41) is 0. The predicted molar refractivity (Wildman–Crippen MR) is 44.8 cm³/mol. The molecule has 0 aliphatic heterocycles. The maximum Gasteiger partial charge on any atom is 0.305 e. The minimum Gasteiger partial charge on any atom is -0.617 e. The summed E-state index contributed by atoms with van der Waals surface area (Å²) in [6.07, 6.45) is 3.70. The van der Waals surface area contributed by atoms with E-state index in [1.54, 1.807) is 6.26 Å². The van der Waals surface area contributed by atoms with Crippen LogP contribution < -0.4 is 0 Å². The Morgan fingerprint density at radius 3 is 2.64 bits per heavy atom. The van der Waals surface area contributed by atoms with Crippen LogP contribution in [0.4, 0.5) is 0 Å². The van der Waals surface area contributed by atoms with Crippen molar-refractivity contribution in [1.82, 2.24) is 0 Å². The van der Waals surface area contributed by atoms with E-state index in [4.69, 9.17) is 0 Å². The van der Waals surface area contributed by atoms with Crippen LogP contribution >= 0.6 is 0 Å². The number of rotatable bonds is 5. The third kappa shape index (κ3) is 7.68. The molecule has 1 atom stereocenters. The molecule has 3 nitrogen and oxygen atoms in total. The van der Waals surface area contributed by atoms with E-state index in [1.165, 1.54) is 7.11 Å². The number of hydrogen-bond acceptors (Lipinski definition) is 3. The summed E-state index contributed by atoms with van der Waals surface area (Å²) in [6, 6.07) is 0. The Labute approximate surface area is 70.3 Å². The average molecular weight is 178 g/mol. The number of carbonyl (C=O) groups excluding carboxylic acids is 1. The third-order valence-electron chi connectivity index (χ3n) is 1.29. The SMILES string of the molecule is COC(=O)CCCC[S+](C)[O-]. The average Bonchev–Trinajstić information content (AvgIpc) is 1.97. The van der Waals surface area contributed by atoms with Crippen molar-refractivity contribution in [2.45, 2.75) is 19.3 Å². The van der Waals surface area contributed by atoms with Gasteiger partial charge in [-0.3, -0.25) is 4.79 Å². The molecule has 0 aliphatic carbocycles. The number of ether oxygens (including phenoxy) is 1. The molecule has 0 heterocycles. The summed E-state index contributed by atoms with van der Waals surface area (Å²) in [7, 11) is 1.38. The quantitative estimate of drug-likeness (QED) is 0.354. The fourth-order valence-electron chi connectivity index (χ4n) is 0.677. The highest BCUT2D eigenvalue weighted by Crippen LogP contribution is 1.99. The molecule has 1 unspecified atom stereocenters. The van der Waals surface area contributed by atoms with Crippen molar-refractivity contribution < 1.29 is 14.1 Å². The summed E-state index contributed by atoms with van der Waals surface area (Å²) in [6.45, 7) is 0. The molecule has 0 fully saturated rings. The van der Waals surface area contributed by atoms with E-state index in [9.17, 15) is 9.35 Å². The number of unbranched alkanes of at least 4 members (excludes halogenated alkanes) is 1. The zero-order valence-electron chi connectivity index (χ0n) is 6.96. The van der Waals surface area contributed by atoms with Crippen LogP contribution in [0.1, 0.15) is 19.3 Å². The van der Waals surface area contributed by atoms with E-state index in [1.807, 2.05) is 0 Å². The van der Waals surface area contributed by atoms with Gasteiger partial charge in [0.1, 0.15) is 5.75 Å². The van der Waals surface area contributed by atoms with Crippen LogP contribution in [-0.4, -0.2) is 29.6 Å². The number of methoxy groups -OCH3 is 1. The van der Waals surface area contributed by atoms with Gasteiger partial charge in [0.2, 0.25) is 0 Å². The molecule has 11 heavy (non-hydrogen) atoms. The first-order valence-corrected chi connectivity index (χ1v) is 5.26. The van der Waals surface area contributed by atoms with Crippen molar-refractivity contribution in [3.63, 3.8) is 0 Å². The zero-order valence-corrected chi connectivity index (χ0v) is 7.78. The third-order valence-corrected chi connectivity index (χ3v) is 2.15. The minimum absolute atomic E-state index is 0.188. The highest BCUT2D eigenvalue weighted by atomic mass is 32.2. The second-order valence-corrected chi connectivity index (χ2v) is 3.87. The standard InChI is InChI=1S/C7H14O3S/c1-10-7(8)5-3-4-6-11(2)9/h3-6H2,1-2H3. The van der Waals surface area contributed by atoms with Crippen molar-refractivity contribution in [1.29, 1.82) is 0 Å². The highest BCUT2D eigenvalue weighted by molar-refractivity contribution is 7.90. The second kappa shape index (κ2) is 6.49. The lowest BCUT2D eigenvalue weighted by atomic mass is 10.2. The monoisotopic (exact) mass is 178 g/mol. The molecule has 0 saturated carbocycles. The van der Waals surface area contributed by atoms with Gasteiger partial charge in [-0.15, -0.1) is 0 Å². The summed E-state index contributed by atoms with van der Waals surface area (Å²) in [5.74, 6) is 0.490. The molecule has 0 amide bonds. The van der Waals surface area contributed by atoms with Gasteiger partial charge in [-0.05, 0) is 12.8 Å². The van der Waals surface area contributed by atoms with Crippen LogP contribution in [-0.2, 0) is 20.7 Å². The first kappa shape index (κ1) is 10.8. The first-order valence-electron chi connectivity index (χ1n) is 3.53. The first-order chi connectivity index (χ1) is 5.16. The molecule has 0 aromatic rings.